The number of rotatable bonds is 1. The van der Waals surface area contributed by atoms with Crippen LogP contribution in [-0.4, -0.2) is 19.6 Å². The predicted molar refractivity (Wildman–Crippen MR) is 40.9 cm³/mol. The summed E-state index contributed by atoms with van der Waals surface area (Å²) in [5.74, 6) is 0. The third kappa shape index (κ3) is 0.881. The molecule has 0 aliphatic carbocycles. The van der Waals surface area contributed by atoms with Crippen molar-refractivity contribution in [3.05, 3.63) is 31.0 Å². The van der Waals surface area contributed by atoms with Crippen LogP contribution in [0, 0.1) is 0 Å². The third-order valence-electron chi connectivity index (χ3n) is 1.39. The summed E-state index contributed by atoms with van der Waals surface area (Å²) in [6.45, 7) is 3.60. The molecule has 0 saturated heterocycles. The Labute approximate surface area is 63.2 Å². The summed E-state index contributed by atoms with van der Waals surface area (Å²) in [6, 6.07) is 0. The molecule has 4 heteroatoms. The van der Waals surface area contributed by atoms with Crippen molar-refractivity contribution >= 4 is 11.7 Å². The van der Waals surface area contributed by atoms with E-state index in [2.05, 4.69) is 21.6 Å². The first-order chi connectivity index (χ1) is 5.40. The molecule has 2 heterocycles. The molecule has 0 aromatic carbocycles. The van der Waals surface area contributed by atoms with Gasteiger partial charge in [0.25, 0.3) is 0 Å². The molecule has 2 aromatic heterocycles. The van der Waals surface area contributed by atoms with Gasteiger partial charge in [-0.2, -0.15) is 5.10 Å². The van der Waals surface area contributed by atoms with Crippen LogP contribution in [0.5, 0.6) is 0 Å². The molecule has 0 unspecified atom stereocenters. The first-order valence-electron chi connectivity index (χ1n) is 3.18. The van der Waals surface area contributed by atoms with E-state index in [1.807, 2.05) is 0 Å². The van der Waals surface area contributed by atoms with E-state index in [-0.39, 0.29) is 0 Å². The minimum atomic E-state index is 0.746. The largest absolute Gasteiger partial charge is 0.251 e. The van der Waals surface area contributed by atoms with Gasteiger partial charge in [0.2, 0.25) is 0 Å². The second kappa shape index (κ2) is 2.16. The van der Waals surface area contributed by atoms with Gasteiger partial charge in [-0.3, -0.25) is 4.98 Å². The zero-order valence-electron chi connectivity index (χ0n) is 5.81. The Morgan fingerprint density at radius 1 is 1.45 bits per heavy atom. The first-order valence-corrected chi connectivity index (χ1v) is 3.18. The van der Waals surface area contributed by atoms with E-state index in [4.69, 9.17) is 0 Å². The van der Waals surface area contributed by atoms with Crippen LogP contribution in [0.15, 0.2) is 25.3 Å². The SMILES string of the molecule is C=Cc1cn2ncnc2cn1. The van der Waals surface area contributed by atoms with Crippen LogP contribution in [0.3, 0.4) is 0 Å². The number of aromatic nitrogens is 4. The lowest BCUT2D eigenvalue weighted by Crippen LogP contribution is -1.90. The van der Waals surface area contributed by atoms with Crippen molar-refractivity contribution in [2.24, 2.45) is 0 Å². The Morgan fingerprint density at radius 3 is 3.18 bits per heavy atom. The lowest BCUT2D eigenvalue weighted by Gasteiger charge is -1.91. The van der Waals surface area contributed by atoms with Crippen LogP contribution in [-0.2, 0) is 0 Å². The molecule has 54 valence electrons. The highest BCUT2D eigenvalue weighted by atomic mass is 15.3. The van der Waals surface area contributed by atoms with Crippen molar-refractivity contribution in [2.45, 2.75) is 0 Å². The second-order valence-electron chi connectivity index (χ2n) is 2.08. The average Bonchev–Trinajstić information content (AvgIpc) is 2.50. The zero-order chi connectivity index (χ0) is 7.68. The van der Waals surface area contributed by atoms with Crippen LogP contribution < -0.4 is 0 Å². The number of fused-ring (bicyclic) bond motifs is 1. The van der Waals surface area contributed by atoms with Crippen LogP contribution in [0.4, 0.5) is 0 Å². The van der Waals surface area contributed by atoms with E-state index in [0.29, 0.717) is 0 Å². The van der Waals surface area contributed by atoms with E-state index < -0.39 is 0 Å². The number of nitrogens with zero attached hydrogens (tertiary/aromatic N) is 4. The zero-order valence-corrected chi connectivity index (χ0v) is 5.81. The van der Waals surface area contributed by atoms with Gasteiger partial charge in [0, 0.05) is 0 Å². The Balaban J connectivity index is 2.76. The maximum Gasteiger partial charge on any atom is 0.173 e. The monoisotopic (exact) mass is 146 g/mol. The maximum atomic E-state index is 4.06. The predicted octanol–water partition coefficient (Wildman–Crippen LogP) is 0.767. The highest BCUT2D eigenvalue weighted by Crippen LogP contribution is 1.98. The molecule has 2 rings (SSSR count). The Hall–Kier alpha value is -1.71. The van der Waals surface area contributed by atoms with Crippen LogP contribution in [0.1, 0.15) is 5.69 Å². The van der Waals surface area contributed by atoms with E-state index in [1.54, 1.807) is 23.0 Å². The van der Waals surface area contributed by atoms with E-state index in [1.165, 1.54) is 6.33 Å². The molecule has 0 aliphatic rings. The molecular formula is C7H6N4. The molecule has 0 fully saturated rings. The standard InChI is InChI=1S/C7H6N4/c1-2-6-4-11-7(3-8-6)9-5-10-11/h2-5H,1H2. The third-order valence-corrected chi connectivity index (χ3v) is 1.39. The summed E-state index contributed by atoms with van der Waals surface area (Å²) in [4.78, 5) is 8.01. The fourth-order valence-electron chi connectivity index (χ4n) is 0.847. The molecule has 0 spiro atoms. The Kier molecular flexibility index (Phi) is 1.18. The van der Waals surface area contributed by atoms with Crippen LogP contribution in [0.2, 0.25) is 0 Å². The summed E-state index contributed by atoms with van der Waals surface area (Å²) in [7, 11) is 0. The summed E-state index contributed by atoms with van der Waals surface area (Å²) in [6.07, 6.45) is 6.59. The Morgan fingerprint density at radius 2 is 2.36 bits per heavy atom. The lowest BCUT2D eigenvalue weighted by atomic mass is 10.4. The van der Waals surface area contributed by atoms with E-state index in [9.17, 15) is 0 Å². The highest BCUT2D eigenvalue weighted by Gasteiger charge is 1.94. The molecule has 0 amide bonds. The molecular weight excluding hydrogens is 140 g/mol. The summed E-state index contributed by atoms with van der Waals surface area (Å²) >= 11 is 0. The van der Waals surface area contributed by atoms with E-state index >= 15 is 0 Å². The van der Waals surface area contributed by atoms with Crippen LogP contribution in [0.25, 0.3) is 11.7 Å². The second-order valence-corrected chi connectivity index (χ2v) is 2.08. The summed E-state index contributed by atoms with van der Waals surface area (Å²) < 4.78 is 1.66. The lowest BCUT2D eigenvalue weighted by molar-refractivity contribution is 0.941. The molecule has 2 aromatic rings. The van der Waals surface area contributed by atoms with Gasteiger partial charge in [0.05, 0.1) is 18.1 Å². The number of hydrogen-bond donors (Lipinski definition) is 0. The van der Waals surface area contributed by atoms with Crippen molar-refractivity contribution in [3.8, 4) is 0 Å². The molecule has 0 atom stereocenters. The Bertz CT molecular complexity index is 390. The van der Waals surface area contributed by atoms with Gasteiger partial charge in [-0.25, -0.2) is 9.50 Å². The minimum Gasteiger partial charge on any atom is -0.251 e. The molecule has 0 radical (unpaired) electrons. The van der Waals surface area contributed by atoms with Gasteiger partial charge < -0.3 is 0 Å². The summed E-state index contributed by atoms with van der Waals surface area (Å²) in [5, 5.41) is 3.95. The van der Waals surface area contributed by atoms with Gasteiger partial charge in [-0.1, -0.05) is 6.58 Å². The first kappa shape index (κ1) is 6.03. The fraction of sp³-hybridized carbons (Fsp3) is 0. The molecule has 0 N–H and O–H groups in total. The molecule has 0 bridgehead atoms. The summed E-state index contributed by atoms with van der Waals surface area (Å²) in [5.41, 5.74) is 1.54. The topological polar surface area (TPSA) is 43.1 Å². The van der Waals surface area contributed by atoms with Gasteiger partial charge in [0.15, 0.2) is 5.65 Å². The van der Waals surface area contributed by atoms with Gasteiger partial charge in [-0.15, -0.1) is 0 Å². The van der Waals surface area contributed by atoms with Crippen molar-refractivity contribution in [2.75, 3.05) is 0 Å². The molecule has 4 nitrogen and oxygen atoms in total. The highest BCUT2D eigenvalue weighted by molar-refractivity contribution is 5.43. The van der Waals surface area contributed by atoms with Gasteiger partial charge in [0.1, 0.15) is 6.33 Å². The van der Waals surface area contributed by atoms with E-state index in [0.717, 1.165) is 11.3 Å². The van der Waals surface area contributed by atoms with Gasteiger partial charge in [-0.05, 0) is 6.08 Å². The molecule has 0 aliphatic heterocycles. The normalized spacial score (nSPS) is 10.2. The smallest absolute Gasteiger partial charge is 0.173 e. The quantitative estimate of drug-likeness (QED) is 0.596. The van der Waals surface area contributed by atoms with Crippen LogP contribution >= 0.6 is 0 Å². The van der Waals surface area contributed by atoms with Crippen molar-refractivity contribution in [1.29, 1.82) is 0 Å². The molecule has 0 saturated carbocycles. The maximum absolute atomic E-state index is 4.06. The van der Waals surface area contributed by atoms with Crippen molar-refractivity contribution in [1.82, 2.24) is 19.6 Å². The minimum absolute atomic E-state index is 0.746. The number of hydrogen-bond acceptors (Lipinski definition) is 3. The fourth-order valence-corrected chi connectivity index (χ4v) is 0.847. The van der Waals surface area contributed by atoms with Crippen molar-refractivity contribution in [3.63, 3.8) is 0 Å². The molecule has 11 heavy (non-hydrogen) atoms. The van der Waals surface area contributed by atoms with Crippen molar-refractivity contribution < 1.29 is 0 Å². The van der Waals surface area contributed by atoms with Gasteiger partial charge >= 0.3 is 0 Å². The average molecular weight is 146 g/mol.